The maximum absolute atomic E-state index is 5.30. The van der Waals surface area contributed by atoms with Gasteiger partial charge in [0.2, 0.25) is 0 Å². The normalized spacial score (nSPS) is 15.2. The number of anilines is 1. The van der Waals surface area contributed by atoms with Gasteiger partial charge in [-0.05, 0) is 18.2 Å². The molecule has 0 spiro atoms. The molecule has 0 atom stereocenters. The van der Waals surface area contributed by atoms with Gasteiger partial charge in [-0.15, -0.1) is 0 Å². The zero-order valence-corrected chi connectivity index (χ0v) is 15.1. The number of thiazole rings is 1. The Morgan fingerprint density at radius 3 is 2.92 bits per heavy atom. The second-order valence-corrected chi connectivity index (χ2v) is 7.70. The fourth-order valence-corrected chi connectivity index (χ4v) is 4.26. The molecule has 3 aromatic rings. The molecule has 0 unspecified atom stereocenters. The number of aromatic nitrogens is 3. The molecule has 5 nitrogen and oxygen atoms in total. The lowest BCUT2D eigenvalue weighted by Crippen LogP contribution is -2.48. The van der Waals surface area contributed by atoms with Crippen molar-refractivity contribution in [1.82, 2.24) is 14.5 Å². The quantitative estimate of drug-likeness (QED) is 0.708. The Morgan fingerprint density at radius 1 is 1.33 bits per heavy atom. The van der Waals surface area contributed by atoms with Crippen molar-refractivity contribution in [2.75, 3.05) is 25.1 Å². The highest BCUT2D eigenvalue weighted by Gasteiger charge is 2.29. The summed E-state index contributed by atoms with van der Waals surface area (Å²) in [6, 6.07) is 6.07. The van der Waals surface area contributed by atoms with Crippen LogP contribution in [0.15, 0.2) is 30.6 Å². The van der Waals surface area contributed by atoms with E-state index in [1.807, 2.05) is 18.3 Å². The van der Waals surface area contributed by atoms with Crippen LogP contribution in [0.25, 0.3) is 10.2 Å². The van der Waals surface area contributed by atoms with Crippen LogP contribution in [0, 0.1) is 5.92 Å². The first kappa shape index (κ1) is 15.4. The van der Waals surface area contributed by atoms with Crippen molar-refractivity contribution in [2.24, 2.45) is 5.92 Å². The zero-order chi connectivity index (χ0) is 16.7. The summed E-state index contributed by atoms with van der Waals surface area (Å²) in [5, 5.41) is 1.12. The van der Waals surface area contributed by atoms with Crippen LogP contribution in [0.1, 0.15) is 25.6 Å². The van der Waals surface area contributed by atoms with Gasteiger partial charge < -0.3 is 14.2 Å². The number of imidazole rings is 1. The molecule has 1 aliphatic rings. The number of nitrogens with zero attached hydrogens (tertiary/aromatic N) is 4. The number of methoxy groups -OCH3 is 1. The number of rotatable bonds is 5. The Labute approximate surface area is 145 Å². The van der Waals surface area contributed by atoms with Crippen LogP contribution >= 0.6 is 11.3 Å². The third kappa shape index (κ3) is 2.75. The average Bonchev–Trinajstić information content (AvgIpc) is 3.15. The molecule has 2 aromatic heterocycles. The summed E-state index contributed by atoms with van der Waals surface area (Å²) in [6.45, 7) is 7.56. The molecule has 0 amide bonds. The van der Waals surface area contributed by atoms with E-state index >= 15 is 0 Å². The molecule has 0 N–H and O–H groups in total. The SMILES string of the molecule is COc1ccc2nc(N3CC(Cn4ccnc4C(C)C)C3)sc2c1. The van der Waals surface area contributed by atoms with Gasteiger partial charge in [0.25, 0.3) is 0 Å². The first-order valence-corrected chi connectivity index (χ1v) is 9.16. The Balaban J connectivity index is 1.43. The largest absolute Gasteiger partial charge is 0.497 e. The molecule has 1 aliphatic heterocycles. The van der Waals surface area contributed by atoms with Crippen molar-refractivity contribution in [3.8, 4) is 5.75 Å². The molecule has 1 fully saturated rings. The second-order valence-electron chi connectivity index (χ2n) is 6.69. The molecule has 126 valence electrons. The van der Waals surface area contributed by atoms with Gasteiger partial charge in [0.1, 0.15) is 11.6 Å². The Kier molecular flexibility index (Phi) is 3.92. The summed E-state index contributed by atoms with van der Waals surface area (Å²) in [5.74, 6) is 3.20. The van der Waals surface area contributed by atoms with Gasteiger partial charge >= 0.3 is 0 Å². The van der Waals surface area contributed by atoms with Gasteiger partial charge in [0.15, 0.2) is 5.13 Å². The van der Waals surface area contributed by atoms with Crippen molar-refractivity contribution in [3.05, 3.63) is 36.4 Å². The Bertz CT molecular complexity index is 848. The summed E-state index contributed by atoms with van der Waals surface area (Å²) in [6.07, 6.45) is 4.01. The van der Waals surface area contributed by atoms with Crippen LogP contribution in [-0.4, -0.2) is 34.7 Å². The minimum absolute atomic E-state index is 0.468. The summed E-state index contributed by atoms with van der Waals surface area (Å²) in [4.78, 5) is 11.6. The molecule has 1 saturated heterocycles. The number of benzene rings is 1. The minimum Gasteiger partial charge on any atom is -0.497 e. The van der Waals surface area contributed by atoms with Crippen molar-refractivity contribution in [2.45, 2.75) is 26.3 Å². The van der Waals surface area contributed by atoms with Gasteiger partial charge in [0.05, 0.1) is 17.3 Å². The van der Waals surface area contributed by atoms with Crippen LogP contribution in [0.4, 0.5) is 5.13 Å². The maximum atomic E-state index is 5.30. The minimum atomic E-state index is 0.468. The van der Waals surface area contributed by atoms with E-state index in [-0.39, 0.29) is 0 Å². The summed E-state index contributed by atoms with van der Waals surface area (Å²) in [5.41, 5.74) is 1.05. The topological polar surface area (TPSA) is 43.2 Å². The van der Waals surface area contributed by atoms with Gasteiger partial charge in [0, 0.05) is 43.9 Å². The van der Waals surface area contributed by atoms with Crippen molar-refractivity contribution in [3.63, 3.8) is 0 Å². The second kappa shape index (κ2) is 6.09. The molecule has 3 heterocycles. The van der Waals surface area contributed by atoms with E-state index in [9.17, 15) is 0 Å². The van der Waals surface area contributed by atoms with Crippen LogP contribution in [0.5, 0.6) is 5.75 Å². The van der Waals surface area contributed by atoms with E-state index in [1.54, 1.807) is 18.4 Å². The summed E-state index contributed by atoms with van der Waals surface area (Å²) >= 11 is 1.74. The monoisotopic (exact) mass is 342 g/mol. The van der Waals surface area contributed by atoms with E-state index < -0.39 is 0 Å². The average molecular weight is 342 g/mol. The van der Waals surface area contributed by atoms with Crippen molar-refractivity contribution >= 4 is 26.7 Å². The molecule has 6 heteroatoms. The van der Waals surface area contributed by atoms with Crippen LogP contribution in [0.3, 0.4) is 0 Å². The van der Waals surface area contributed by atoms with E-state index in [4.69, 9.17) is 9.72 Å². The predicted octanol–water partition coefficient (Wildman–Crippen LogP) is 3.76. The first-order valence-electron chi connectivity index (χ1n) is 8.34. The standard InChI is InChI=1S/C18H22N4OS/c1-12(2)17-19-6-7-21(17)9-13-10-22(11-13)18-20-15-5-4-14(23-3)8-16(15)24-18/h4-8,12-13H,9-11H2,1-3H3. The lowest BCUT2D eigenvalue weighted by molar-refractivity contribution is 0.350. The highest BCUT2D eigenvalue weighted by molar-refractivity contribution is 7.22. The maximum Gasteiger partial charge on any atom is 0.186 e. The molecule has 0 bridgehead atoms. The lowest BCUT2D eigenvalue weighted by atomic mass is 10.0. The smallest absolute Gasteiger partial charge is 0.186 e. The molecule has 0 radical (unpaired) electrons. The Hall–Kier alpha value is -2.08. The molecular weight excluding hydrogens is 320 g/mol. The van der Waals surface area contributed by atoms with Gasteiger partial charge in [-0.2, -0.15) is 0 Å². The number of fused-ring (bicyclic) bond motifs is 1. The fourth-order valence-electron chi connectivity index (χ4n) is 3.25. The van der Waals surface area contributed by atoms with Crippen LogP contribution in [0.2, 0.25) is 0 Å². The Morgan fingerprint density at radius 2 is 2.17 bits per heavy atom. The van der Waals surface area contributed by atoms with E-state index in [1.165, 1.54) is 10.5 Å². The van der Waals surface area contributed by atoms with Crippen molar-refractivity contribution in [1.29, 1.82) is 0 Å². The third-order valence-corrected chi connectivity index (χ3v) is 5.61. The number of hydrogen-bond donors (Lipinski definition) is 0. The van der Waals surface area contributed by atoms with Gasteiger partial charge in [-0.3, -0.25) is 0 Å². The van der Waals surface area contributed by atoms with Crippen LogP contribution < -0.4 is 9.64 Å². The van der Waals surface area contributed by atoms with Crippen molar-refractivity contribution < 1.29 is 4.74 Å². The summed E-state index contributed by atoms with van der Waals surface area (Å²) in [7, 11) is 1.70. The number of hydrogen-bond acceptors (Lipinski definition) is 5. The highest BCUT2D eigenvalue weighted by atomic mass is 32.1. The third-order valence-electron chi connectivity index (χ3n) is 4.53. The lowest BCUT2D eigenvalue weighted by Gasteiger charge is -2.39. The fraction of sp³-hybridized carbons (Fsp3) is 0.444. The molecule has 0 saturated carbocycles. The molecule has 1 aromatic carbocycles. The molecule has 0 aliphatic carbocycles. The predicted molar refractivity (Wildman–Crippen MR) is 98.2 cm³/mol. The first-order chi connectivity index (χ1) is 11.6. The van der Waals surface area contributed by atoms with E-state index in [0.29, 0.717) is 11.8 Å². The summed E-state index contributed by atoms with van der Waals surface area (Å²) < 4.78 is 8.78. The van der Waals surface area contributed by atoms with E-state index in [2.05, 4.69) is 40.6 Å². The molecular formula is C18H22N4OS. The van der Waals surface area contributed by atoms with Crippen LogP contribution in [-0.2, 0) is 6.54 Å². The zero-order valence-electron chi connectivity index (χ0n) is 14.3. The molecule has 24 heavy (non-hydrogen) atoms. The van der Waals surface area contributed by atoms with Gasteiger partial charge in [-0.1, -0.05) is 25.2 Å². The molecule has 4 rings (SSSR count). The highest BCUT2D eigenvalue weighted by Crippen LogP contribution is 2.35. The number of ether oxygens (including phenoxy) is 1. The van der Waals surface area contributed by atoms with E-state index in [0.717, 1.165) is 36.0 Å². The van der Waals surface area contributed by atoms with Gasteiger partial charge in [-0.25, -0.2) is 9.97 Å².